The highest BCUT2D eigenvalue weighted by atomic mass is 19.4. The van der Waals surface area contributed by atoms with Gasteiger partial charge in [-0.2, -0.15) is 26.3 Å². The van der Waals surface area contributed by atoms with Gasteiger partial charge in [-0.25, -0.2) is 9.18 Å². The summed E-state index contributed by atoms with van der Waals surface area (Å²) in [6.45, 7) is 7.20. The smallest absolute Gasteiger partial charge is 0.416 e. The number of halogens is 7. The fourth-order valence-corrected chi connectivity index (χ4v) is 6.03. The normalized spacial score (nSPS) is 26.5. The lowest BCUT2D eigenvalue weighted by Crippen LogP contribution is -2.50. The Morgan fingerprint density at radius 2 is 1.55 bits per heavy atom. The molecule has 0 spiro atoms. The molecule has 6 atom stereocenters. The van der Waals surface area contributed by atoms with E-state index >= 15 is 0 Å². The molecule has 2 aliphatic rings. The van der Waals surface area contributed by atoms with E-state index in [9.17, 15) is 40.6 Å². The van der Waals surface area contributed by atoms with Crippen molar-refractivity contribution in [3.8, 4) is 0 Å². The van der Waals surface area contributed by atoms with Crippen LogP contribution >= 0.6 is 0 Å². The van der Waals surface area contributed by atoms with Gasteiger partial charge in [0, 0.05) is 24.4 Å². The highest BCUT2D eigenvalue weighted by Crippen LogP contribution is 2.52. The van der Waals surface area contributed by atoms with Crippen LogP contribution in [0.4, 0.5) is 35.5 Å². The lowest BCUT2D eigenvalue weighted by molar-refractivity contribution is -0.221. The Kier molecular flexibility index (Phi) is 7.92. The first-order valence-corrected chi connectivity index (χ1v) is 12.7. The lowest BCUT2D eigenvalue weighted by atomic mass is 9.68. The van der Waals surface area contributed by atoms with Crippen LogP contribution in [0.1, 0.15) is 62.0 Å². The van der Waals surface area contributed by atoms with Gasteiger partial charge in [-0.1, -0.05) is 32.9 Å². The molecule has 5 unspecified atom stereocenters. The number of amides is 1. The Morgan fingerprint density at radius 1 is 1.00 bits per heavy atom. The van der Waals surface area contributed by atoms with Crippen molar-refractivity contribution in [2.45, 2.75) is 64.4 Å². The maximum atomic E-state index is 13.8. The molecule has 2 heterocycles. The number of carbonyl (C=O) groups is 1. The standard InChI is InChI=1S/C28H30F7NO4/c1-14(16-9-18(27(30,31)32)11-19(10-16)28(33,34)35)40-24-22(15-5-7-20(29)8-6-15)21-17(13-39-24)12-36(25(37)38)23(21)26(2,3)4/h5-11,14,17,21-24H,12-13H2,1-4H3,(H,37,38)/t14-,17?,21?,22?,23?,24?/m1/s1. The summed E-state index contributed by atoms with van der Waals surface area (Å²) >= 11 is 0. The average Bonchev–Trinajstić information content (AvgIpc) is 3.24. The third-order valence-electron chi connectivity index (χ3n) is 7.66. The van der Waals surface area contributed by atoms with Crippen molar-refractivity contribution in [3.63, 3.8) is 0 Å². The van der Waals surface area contributed by atoms with E-state index in [0.29, 0.717) is 17.7 Å². The predicted molar refractivity (Wildman–Crippen MR) is 130 cm³/mol. The van der Waals surface area contributed by atoms with Gasteiger partial charge in [0.25, 0.3) is 0 Å². The lowest BCUT2D eigenvalue weighted by Gasteiger charge is -2.46. The summed E-state index contributed by atoms with van der Waals surface area (Å²) in [5.74, 6) is -1.86. The summed E-state index contributed by atoms with van der Waals surface area (Å²) in [6.07, 6.45) is -13.6. The van der Waals surface area contributed by atoms with Crippen LogP contribution in [0.15, 0.2) is 42.5 Å². The largest absolute Gasteiger partial charge is 0.465 e. The number of hydrogen-bond acceptors (Lipinski definition) is 3. The summed E-state index contributed by atoms with van der Waals surface area (Å²) < 4.78 is 107. The van der Waals surface area contributed by atoms with E-state index in [4.69, 9.17) is 9.47 Å². The van der Waals surface area contributed by atoms with Crippen LogP contribution in [0.3, 0.4) is 0 Å². The monoisotopic (exact) mass is 577 g/mol. The van der Waals surface area contributed by atoms with Gasteiger partial charge in [-0.05, 0) is 59.7 Å². The molecule has 0 saturated carbocycles. The van der Waals surface area contributed by atoms with Gasteiger partial charge in [0.05, 0.1) is 23.8 Å². The number of nitrogens with zero attached hydrogens (tertiary/aromatic N) is 1. The summed E-state index contributed by atoms with van der Waals surface area (Å²) in [5, 5.41) is 9.95. The van der Waals surface area contributed by atoms with E-state index in [1.165, 1.54) is 36.1 Å². The Balaban J connectivity index is 1.76. The molecule has 2 aromatic carbocycles. The number of hydrogen-bond donors (Lipinski definition) is 1. The minimum atomic E-state index is -5.02. The molecule has 1 amide bonds. The molecule has 40 heavy (non-hydrogen) atoms. The van der Waals surface area contributed by atoms with Crippen molar-refractivity contribution in [2.75, 3.05) is 13.2 Å². The molecule has 0 aliphatic carbocycles. The average molecular weight is 578 g/mol. The number of ether oxygens (including phenoxy) is 2. The maximum absolute atomic E-state index is 13.8. The van der Waals surface area contributed by atoms with Crippen molar-refractivity contribution in [1.82, 2.24) is 4.90 Å². The van der Waals surface area contributed by atoms with E-state index in [-0.39, 0.29) is 36.6 Å². The van der Waals surface area contributed by atoms with Gasteiger partial charge < -0.3 is 19.5 Å². The molecule has 12 heteroatoms. The van der Waals surface area contributed by atoms with Crippen LogP contribution in [0.25, 0.3) is 0 Å². The zero-order chi connectivity index (χ0) is 29.8. The highest BCUT2D eigenvalue weighted by Gasteiger charge is 2.56. The molecule has 0 aromatic heterocycles. The van der Waals surface area contributed by atoms with Gasteiger partial charge in [-0.3, -0.25) is 0 Å². The van der Waals surface area contributed by atoms with Crippen LogP contribution < -0.4 is 0 Å². The van der Waals surface area contributed by atoms with Crippen LogP contribution in [-0.2, 0) is 21.8 Å². The SMILES string of the molecule is C[C@@H](OC1OCC2CN(C(=O)O)C(C(C)(C)C)C2C1c1ccc(F)cc1)c1cc(C(F)(F)F)cc(C(F)(F)F)c1. The van der Waals surface area contributed by atoms with Crippen molar-refractivity contribution >= 4 is 6.09 Å². The third kappa shape index (κ3) is 6.07. The second-order valence-electron chi connectivity index (χ2n) is 11.5. The second kappa shape index (κ2) is 10.5. The Hall–Kier alpha value is -2.86. The number of fused-ring (bicyclic) bond motifs is 1. The first kappa shape index (κ1) is 30.1. The molecular formula is C28H30F7NO4. The first-order chi connectivity index (χ1) is 18.4. The van der Waals surface area contributed by atoms with Crippen LogP contribution in [0.5, 0.6) is 0 Å². The van der Waals surface area contributed by atoms with E-state index < -0.39 is 65.2 Å². The molecule has 2 saturated heterocycles. The number of alkyl halides is 6. The first-order valence-electron chi connectivity index (χ1n) is 12.7. The molecule has 2 aliphatic heterocycles. The summed E-state index contributed by atoms with van der Waals surface area (Å²) in [5.41, 5.74) is -3.28. The number of carboxylic acid groups (broad SMARTS) is 1. The summed E-state index contributed by atoms with van der Waals surface area (Å²) in [7, 11) is 0. The zero-order valence-electron chi connectivity index (χ0n) is 22.2. The van der Waals surface area contributed by atoms with Gasteiger partial charge in [-0.15, -0.1) is 0 Å². The molecular weight excluding hydrogens is 547 g/mol. The third-order valence-corrected chi connectivity index (χ3v) is 7.66. The molecule has 4 rings (SSSR count). The fraction of sp³-hybridized carbons (Fsp3) is 0.536. The molecule has 0 radical (unpaired) electrons. The number of likely N-dealkylation sites (tertiary alicyclic amines) is 1. The zero-order valence-corrected chi connectivity index (χ0v) is 22.2. The molecule has 220 valence electrons. The Morgan fingerprint density at radius 3 is 2.02 bits per heavy atom. The molecule has 1 N–H and O–H groups in total. The summed E-state index contributed by atoms with van der Waals surface area (Å²) in [4.78, 5) is 13.5. The van der Waals surface area contributed by atoms with Crippen LogP contribution in [0, 0.1) is 23.1 Å². The Bertz CT molecular complexity index is 1190. The predicted octanol–water partition coefficient (Wildman–Crippen LogP) is 7.72. The molecule has 5 nitrogen and oxygen atoms in total. The van der Waals surface area contributed by atoms with Crippen LogP contribution in [-0.4, -0.2) is 41.6 Å². The van der Waals surface area contributed by atoms with Gasteiger partial charge >= 0.3 is 18.4 Å². The summed E-state index contributed by atoms with van der Waals surface area (Å²) in [6, 6.07) is 6.18. The number of benzene rings is 2. The molecule has 2 fully saturated rings. The van der Waals surface area contributed by atoms with Crippen LogP contribution in [0.2, 0.25) is 0 Å². The minimum Gasteiger partial charge on any atom is -0.465 e. The Labute approximate surface area is 226 Å². The van der Waals surface area contributed by atoms with Gasteiger partial charge in [0.2, 0.25) is 0 Å². The van der Waals surface area contributed by atoms with Gasteiger partial charge in [0.1, 0.15) is 5.82 Å². The molecule has 0 bridgehead atoms. The van der Waals surface area contributed by atoms with E-state index in [1.54, 1.807) is 0 Å². The van der Waals surface area contributed by atoms with Crippen molar-refractivity contribution in [2.24, 2.45) is 17.3 Å². The van der Waals surface area contributed by atoms with E-state index in [0.717, 1.165) is 0 Å². The minimum absolute atomic E-state index is 0.0478. The fourth-order valence-electron chi connectivity index (χ4n) is 6.03. The second-order valence-corrected chi connectivity index (χ2v) is 11.5. The number of rotatable bonds is 4. The van der Waals surface area contributed by atoms with E-state index in [1.807, 2.05) is 20.8 Å². The van der Waals surface area contributed by atoms with Gasteiger partial charge in [0.15, 0.2) is 6.29 Å². The van der Waals surface area contributed by atoms with Crippen molar-refractivity contribution < 1.29 is 50.1 Å². The topological polar surface area (TPSA) is 59.0 Å². The van der Waals surface area contributed by atoms with E-state index in [2.05, 4.69) is 0 Å². The maximum Gasteiger partial charge on any atom is 0.416 e. The quantitative estimate of drug-likeness (QED) is 0.378. The highest BCUT2D eigenvalue weighted by molar-refractivity contribution is 5.66. The van der Waals surface area contributed by atoms with Crippen molar-refractivity contribution in [1.29, 1.82) is 0 Å². The van der Waals surface area contributed by atoms with Crippen molar-refractivity contribution in [3.05, 3.63) is 70.5 Å². The molecule has 2 aromatic rings.